The molecule has 0 radical (unpaired) electrons. The van der Waals surface area contributed by atoms with Crippen molar-refractivity contribution in [1.82, 2.24) is 0 Å². The van der Waals surface area contributed by atoms with Crippen molar-refractivity contribution in [3.8, 4) is 0 Å². The number of rotatable bonds is 1. The summed E-state index contributed by atoms with van der Waals surface area (Å²) in [5.41, 5.74) is 0. The van der Waals surface area contributed by atoms with E-state index >= 15 is 0 Å². The van der Waals surface area contributed by atoms with Gasteiger partial charge in [-0.15, -0.1) is 12.6 Å². The van der Waals surface area contributed by atoms with Gasteiger partial charge >= 0.3 is 7.68 Å². The van der Waals surface area contributed by atoms with E-state index in [-0.39, 0.29) is 21.8 Å². The van der Waals surface area contributed by atoms with E-state index in [9.17, 15) is 9.13 Å². The molecule has 0 bridgehead atoms. The standard InChI is InChI=1S/C6H5O2PS.Ni/c7-9(8)5-3-1-2-4-6(5)10;/h1-4,10H;. The Morgan fingerprint density at radius 3 is 2.09 bits per heavy atom. The molecule has 5 heteroatoms. The van der Waals surface area contributed by atoms with Gasteiger partial charge in [-0.1, -0.05) is 12.1 Å². The monoisotopic (exact) mass is 230 g/mol. The van der Waals surface area contributed by atoms with Gasteiger partial charge in [-0.05, 0) is 12.1 Å². The first-order valence-electron chi connectivity index (χ1n) is 2.64. The molecule has 0 fully saturated rings. The third kappa shape index (κ3) is 2.82. The maximum atomic E-state index is 10.4. The summed E-state index contributed by atoms with van der Waals surface area (Å²) in [4.78, 5) is 0.499. The molecule has 11 heavy (non-hydrogen) atoms. The molecule has 0 atom stereocenters. The van der Waals surface area contributed by atoms with Crippen LogP contribution in [-0.4, -0.2) is 0 Å². The van der Waals surface area contributed by atoms with Crippen molar-refractivity contribution in [2.75, 3.05) is 0 Å². The van der Waals surface area contributed by atoms with Crippen molar-refractivity contribution in [2.45, 2.75) is 4.90 Å². The van der Waals surface area contributed by atoms with Crippen molar-refractivity contribution in [3.63, 3.8) is 0 Å². The average molecular weight is 231 g/mol. The predicted octanol–water partition coefficient (Wildman–Crippen LogP) is 1.77. The van der Waals surface area contributed by atoms with Gasteiger partial charge < -0.3 is 0 Å². The Labute approximate surface area is 80.5 Å². The molecule has 0 amide bonds. The molecule has 0 aliphatic heterocycles. The molecular weight excluding hydrogens is 226 g/mol. The van der Waals surface area contributed by atoms with E-state index in [2.05, 4.69) is 12.6 Å². The van der Waals surface area contributed by atoms with Crippen LogP contribution in [0.15, 0.2) is 29.2 Å². The van der Waals surface area contributed by atoms with E-state index in [1.807, 2.05) is 0 Å². The second-order valence-corrected chi connectivity index (χ2v) is 3.22. The van der Waals surface area contributed by atoms with E-state index in [4.69, 9.17) is 0 Å². The predicted molar refractivity (Wildman–Crippen MR) is 41.6 cm³/mol. The van der Waals surface area contributed by atoms with E-state index in [0.717, 1.165) is 0 Å². The van der Waals surface area contributed by atoms with E-state index in [0.29, 0.717) is 4.90 Å². The van der Waals surface area contributed by atoms with Crippen LogP contribution in [0.4, 0.5) is 0 Å². The van der Waals surface area contributed by atoms with Crippen molar-refractivity contribution < 1.29 is 25.6 Å². The van der Waals surface area contributed by atoms with Gasteiger partial charge in [-0.25, -0.2) is 9.13 Å². The van der Waals surface area contributed by atoms with Crippen molar-refractivity contribution in [3.05, 3.63) is 24.3 Å². The Balaban J connectivity index is 0.000001000. The minimum absolute atomic E-state index is 0. The minimum Gasteiger partial charge on any atom is -0.232 e. The summed E-state index contributed by atoms with van der Waals surface area (Å²) in [6, 6.07) is 6.57. The SMILES string of the molecule is O=P(=O)c1ccccc1S.[Ni]. The van der Waals surface area contributed by atoms with Gasteiger partial charge in [0, 0.05) is 21.4 Å². The Kier molecular flexibility index (Phi) is 4.75. The summed E-state index contributed by atoms with van der Waals surface area (Å²) < 4.78 is 20.8. The molecule has 2 nitrogen and oxygen atoms in total. The maximum Gasteiger partial charge on any atom is 0.349 e. The van der Waals surface area contributed by atoms with Crippen LogP contribution in [0.5, 0.6) is 0 Å². The Hall–Kier alpha value is -0.0365. The minimum atomic E-state index is -2.49. The molecule has 0 spiro atoms. The van der Waals surface area contributed by atoms with Crippen LogP contribution in [0.25, 0.3) is 0 Å². The van der Waals surface area contributed by atoms with Crippen LogP contribution >= 0.6 is 20.3 Å². The number of benzene rings is 1. The molecule has 1 aromatic carbocycles. The fourth-order valence-corrected chi connectivity index (χ4v) is 1.49. The van der Waals surface area contributed by atoms with Gasteiger partial charge in [0.2, 0.25) is 0 Å². The Morgan fingerprint density at radius 2 is 1.73 bits per heavy atom. The zero-order chi connectivity index (χ0) is 7.56. The van der Waals surface area contributed by atoms with Gasteiger partial charge in [-0.3, -0.25) is 0 Å². The zero-order valence-electron chi connectivity index (χ0n) is 5.34. The normalized spacial score (nSPS) is 8.45. The number of thiol groups is 1. The molecule has 0 N–H and O–H groups in total. The Morgan fingerprint density at radius 1 is 1.18 bits per heavy atom. The second kappa shape index (κ2) is 4.76. The first kappa shape index (κ1) is 11.0. The zero-order valence-corrected chi connectivity index (χ0v) is 8.11. The Bertz CT molecular complexity index is 303. The fourth-order valence-electron chi connectivity index (χ4n) is 0.619. The topological polar surface area (TPSA) is 34.1 Å². The van der Waals surface area contributed by atoms with Gasteiger partial charge in [0.05, 0.1) is 5.30 Å². The second-order valence-electron chi connectivity index (χ2n) is 1.75. The molecule has 0 aliphatic rings. The average Bonchev–Trinajstić information content (AvgIpc) is 1.88. The third-order valence-corrected chi connectivity index (χ3v) is 2.43. The van der Waals surface area contributed by atoms with E-state index in [1.165, 1.54) is 6.07 Å². The fraction of sp³-hybridized carbons (Fsp3) is 0. The van der Waals surface area contributed by atoms with Crippen LogP contribution < -0.4 is 5.30 Å². The number of hydrogen-bond acceptors (Lipinski definition) is 3. The molecule has 62 valence electrons. The molecule has 0 saturated heterocycles. The van der Waals surface area contributed by atoms with Crippen molar-refractivity contribution in [1.29, 1.82) is 0 Å². The van der Waals surface area contributed by atoms with Gasteiger partial charge in [-0.2, -0.15) is 0 Å². The summed E-state index contributed by atoms with van der Waals surface area (Å²) >= 11 is 3.95. The quantitative estimate of drug-likeness (QED) is 0.454. The first-order chi connectivity index (χ1) is 4.72. The van der Waals surface area contributed by atoms with Crippen LogP contribution in [0.1, 0.15) is 0 Å². The maximum absolute atomic E-state index is 10.4. The van der Waals surface area contributed by atoms with Crippen LogP contribution in [0.2, 0.25) is 0 Å². The van der Waals surface area contributed by atoms with Crippen LogP contribution in [0.3, 0.4) is 0 Å². The molecule has 1 rings (SSSR count). The molecular formula is C6H5NiO2PS. The van der Waals surface area contributed by atoms with Gasteiger partial charge in [0.25, 0.3) is 0 Å². The molecule has 0 aliphatic carbocycles. The molecule has 0 aromatic heterocycles. The molecule has 0 heterocycles. The summed E-state index contributed by atoms with van der Waals surface area (Å²) in [6.07, 6.45) is 0. The van der Waals surface area contributed by atoms with Crippen molar-refractivity contribution in [2.24, 2.45) is 0 Å². The number of hydrogen-bond donors (Lipinski definition) is 1. The largest absolute Gasteiger partial charge is 0.349 e. The van der Waals surface area contributed by atoms with E-state index in [1.54, 1.807) is 18.2 Å². The summed E-state index contributed by atoms with van der Waals surface area (Å²) in [7, 11) is -2.49. The summed E-state index contributed by atoms with van der Waals surface area (Å²) in [6.45, 7) is 0. The van der Waals surface area contributed by atoms with Crippen LogP contribution in [-0.2, 0) is 25.6 Å². The van der Waals surface area contributed by atoms with Crippen molar-refractivity contribution >= 4 is 25.6 Å². The molecule has 0 unspecified atom stereocenters. The molecule has 0 saturated carbocycles. The smallest absolute Gasteiger partial charge is 0.232 e. The van der Waals surface area contributed by atoms with E-state index < -0.39 is 7.68 Å². The summed E-state index contributed by atoms with van der Waals surface area (Å²) in [5, 5.41) is 0.279. The molecule has 1 aromatic rings. The van der Waals surface area contributed by atoms with Crippen LogP contribution in [0, 0.1) is 0 Å². The summed E-state index contributed by atoms with van der Waals surface area (Å²) in [5.74, 6) is 0. The van der Waals surface area contributed by atoms with Gasteiger partial charge in [0.1, 0.15) is 0 Å². The first-order valence-corrected chi connectivity index (χ1v) is 4.26. The third-order valence-electron chi connectivity index (χ3n) is 1.08. The van der Waals surface area contributed by atoms with Gasteiger partial charge in [0.15, 0.2) is 0 Å².